The number of thiazole rings is 1. The summed E-state index contributed by atoms with van der Waals surface area (Å²) in [6.45, 7) is 1.27. The number of benzene rings is 2. The molecule has 0 aliphatic carbocycles. The summed E-state index contributed by atoms with van der Waals surface area (Å²) >= 11 is 8.60. The van der Waals surface area contributed by atoms with E-state index in [4.69, 9.17) is 11.6 Å². The first-order valence-corrected chi connectivity index (χ1v) is 11.6. The molecule has 1 heterocycles. The molecule has 168 valence electrons. The predicted octanol–water partition coefficient (Wildman–Crippen LogP) is 6.12. The van der Waals surface area contributed by atoms with Crippen LogP contribution in [0.4, 0.5) is 13.9 Å². The van der Waals surface area contributed by atoms with E-state index in [0.717, 1.165) is 35.3 Å². The number of halogens is 4. The fourth-order valence-corrected chi connectivity index (χ4v) is 4.87. The van der Waals surface area contributed by atoms with Crippen molar-refractivity contribution in [1.82, 2.24) is 9.88 Å². The lowest BCUT2D eigenvalue weighted by atomic mass is 10.3. The molecule has 4 nitrogen and oxygen atoms in total. The Morgan fingerprint density at radius 1 is 1.16 bits per heavy atom. The molecule has 0 spiro atoms. The molecule has 1 amide bonds. The van der Waals surface area contributed by atoms with Crippen molar-refractivity contribution < 1.29 is 13.6 Å². The van der Waals surface area contributed by atoms with Crippen LogP contribution in [0.1, 0.15) is 12.8 Å². The van der Waals surface area contributed by atoms with E-state index in [0.29, 0.717) is 33.6 Å². The van der Waals surface area contributed by atoms with Crippen LogP contribution in [-0.2, 0) is 4.79 Å². The molecule has 0 saturated heterocycles. The zero-order valence-corrected chi connectivity index (χ0v) is 20.3. The monoisotopic (exact) mass is 505 g/mol. The number of aromatic nitrogens is 1. The third kappa shape index (κ3) is 7.29. The lowest BCUT2D eigenvalue weighted by molar-refractivity contribution is -0.118. The van der Waals surface area contributed by atoms with E-state index in [2.05, 4.69) is 4.98 Å². The molecule has 0 fully saturated rings. The molecule has 0 atom stereocenters. The van der Waals surface area contributed by atoms with Gasteiger partial charge in [-0.15, -0.1) is 24.2 Å². The van der Waals surface area contributed by atoms with E-state index in [1.165, 1.54) is 6.07 Å². The normalized spacial score (nSPS) is 11.0. The SMILES string of the molecule is CN(C)CCCN(C(=O)CCSc1ccc(Cl)cc1)c1nc2c(F)cc(F)cc2s1.Cl. The van der Waals surface area contributed by atoms with Crippen LogP contribution < -0.4 is 4.90 Å². The van der Waals surface area contributed by atoms with Crippen molar-refractivity contribution in [3.63, 3.8) is 0 Å². The standard InChI is InChI=1S/C21H22ClF2N3OS2.ClH/c1-26(2)9-3-10-27(19(28)8-11-29-16-6-4-14(22)5-7-16)21-25-20-17(24)12-15(23)13-18(20)30-21;/h4-7,12-13H,3,8-11H2,1-2H3;1H. The van der Waals surface area contributed by atoms with Gasteiger partial charge in [-0.1, -0.05) is 22.9 Å². The van der Waals surface area contributed by atoms with Crippen LogP contribution in [0, 0.1) is 11.6 Å². The van der Waals surface area contributed by atoms with Crippen molar-refractivity contribution in [2.75, 3.05) is 37.8 Å². The highest BCUT2D eigenvalue weighted by Crippen LogP contribution is 2.32. The molecule has 1 aromatic heterocycles. The van der Waals surface area contributed by atoms with Gasteiger partial charge < -0.3 is 4.90 Å². The lowest BCUT2D eigenvalue weighted by Gasteiger charge is -2.21. The predicted molar refractivity (Wildman–Crippen MR) is 129 cm³/mol. The summed E-state index contributed by atoms with van der Waals surface area (Å²) in [5, 5.41) is 1.07. The van der Waals surface area contributed by atoms with Gasteiger partial charge in [0.05, 0.1) is 4.70 Å². The smallest absolute Gasteiger partial charge is 0.229 e. The number of anilines is 1. The fraction of sp³-hybridized carbons (Fsp3) is 0.333. The first-order chi connectivity index (χ1) is 14.3. The van der Waals surface area contributed by atoms with Crippen molar-refractivity contribution in [2.45, 2.75) is 17.7 Å². The van der Waals surface area contributed by atoms with E-state index < -0.39 is 11.6 Å². The van der Waals surface area contributed by atoms with E-state index in [1.54, 1.807) is 16.7 Å². The largest absolute Gasteiger partial charge is 0.309 e. The number of fused-ring (bicyclic) bond motifs is 1. The van der Waals surface area contributed by atoms with Gasteiger partial charge in [-0.05, 0) is 57.4 Å². The highest BCUT2D eigenvalue weighted by atomic mass is 35.5. The molecule has 31 heavy (non-hydrogen) atoms. The zero-order chi connectivity index (χ0) is 21.7. The van der Waals surface area contributed by atoms with E-state index >= 15 is 0 Å². The Labute approximate surface area is 200 Å². The summed E-state index contributed by atoms with van der Waals surface area (Å²) in [5.41, 5.74) is 0.0948. The maximum atomic E-state index is 14.1. The number of rotatable bonds is 9. The van der Waals surface area contributed by atoms with Gasteiger partial charge >= 0.3 is 0 Å². The van der Waals surface area contributed by atoms with Crippen LogP contribution in [0.3, 0.4) is 0 Å². The summed E-state index contributed by atoms with van der Waals surface area (Å²) in [4.78, 5) is 21.9. The van der Waals surface area contributed by atoms with Crippen molar-refractivity contribution in [1.29, 1.82) is 0 Å². The van der Waals surface area contributed by atoms with Crippen molar-refractivity contribution in [3.05, 3.63) is 53.1 Å². The van der Waals surface area contributed by atoms with Crippen LogP contribution in [0.5, 0.6) is 0 Å². The molecule has 0 N–H and O–H groups in total. The quantitative estimate of drug-likeness (QED) is 0.328. The van der Waals surface area contributed by atoms with Crippen LogP contribution >= 0.6 is 47.1 Å². The third-order valence-electron chi connectivity index (χ3n) is 4.32. The van der Waals surface area contributed by atoms with E-state index in [-0.39, 0.29) is 23.8 Å². The zero-order valence-electron chi connectivity index (χ0n) is 17.1. The molecular formula is C21H23Cl2F2N3OS2. The van der Waals surface area contributed by atoms with E-state index in [1.807, 2.05) is 43.3 Å². The first-order valence-electron chi connectivity index (χ1n) is 9.42. The van der Waals surface area contributed by atoms with Gasteiger partial charge in [0.25, 0.3) is 0 Å². The average Bonchev–Trinajstić information content (AvgIpc) is 3.10. The second kappa shape index (κ2) is 12.0. The fourth-order valence-electron chi connectivity index (χ4n) is 2.85. The molecule has 0 radical (unpaired) electrons. The number of thioether (sulfide) groups is 1. The molecule has 0 aliphatic heterocycles. The number of hydrogen-bond donors (Lipinski definition) is 0. The van der Waals surface area contributed by atoms with Crippen molar-refractivity contribution >= 4 is 68.4 Å². The maximum absolute atomic E-state index is 14.1. The summed E-state index contributed by atoms with van der Waals surface area (Å²) in [6.07, 6.45) is 1.05. The van der Waals surface area contributed by atoms with Crippen LogP contribution in [-0.4, -0.2) is 48.7 Å². The van der Waals surface area contributed by atoms with Crippen LogP contribution in [0.15, 0.2) is 41.3 Å². The highest BCUT2D eigenvalue weighted by Gasteiger charge is 2.21. The molecule has 0 bridgehead atoms. The van der Waals surface area contributed by atoms with Crippen LogP contribution in [0.25, 0.3) is 10.2 Å². The minimum atomic E-state index is -0.716. The van der Waals surface area contributed by atoms with Crippen LogP contribution in [0.2, 0.25) is 5.02 Å². The second-order valence-electron chi connectivity index (χ2n) is 6.99. The number of hydrogen-bond acceptors (Lipinski definition) is 5. The summed E-state index contributed by atoms with van der Waals surface area (Å²) < 4.78 is 28.0. The topological polar surface area (TPSA) is 36.4 Å². The molecule has 10 heteroatoms. The van der Waals surface area contributed by atoms with Gasteiger partial charge in [-0.3, -0.25) is 9.69 Å². The van der Waals surface area contributed by atoms with Gasteiger partial charge in [0, 0.05) is 34.7 Å². The first kappa shape index (κ1) is 25.8. The molecule has 3 rings (SSSR count). The number of amides is 1. The molecule has 3 aromatic rings. The Morgan fingerprint density at radius 2 is 1.87 bits per heavy atom. The van der Waals surface area contributed by atoms with Gasteiger partial charge in [-0.2, -0.15) is 0 Å². The molecular weight excluding hydrogens is 483 g/mol. The summed E-state index contributed by atoms with van der Waals surface area (Å²) in [7, 11) is 3.93. The number of carbonyl (C=O) groups is 1. The van der Waals surface area contributed by atoms with Gasteiger partial charge in [-0.25, -0.2) is 13.8 Å². The minimum Gasteiger partial charge on any atom is -0.309 e. The Hall–Kier alpha value is -1.45. The molecule has 0 aliphatic rings. The lowest BCUT2D eigenvalue weighted by Crippen LogP contribution is -2.33. The number of carbonyl (C=O) groups excluding carboxylic acids is 1. The maximum Gasteiger partial charge on any atom is 0.229 e. The average molecular weight is 506 g/mol. The molecule has 2 aromatic carbocycles. The second-order valence-corrected chi connectivity index (χ2v) is 9.60. The molecule has 0 saturated carbocycles. The third-order valence-corrected chi connectivity index (χ3v) is 6.61. The molecule has 0 unspecified atom stereocenters. The Balaban J connectivity index is 0.00000341. The van der Waals surface area contributed by atoms with Gasteiger partial charge in [0.2, 0.25) is 5.91 Å². The Kier molecular flexibility index (Phi) is 9.96. The van der Waals surface area contributed by atoms with Gasteiger partial charge in [0.1, 0.15) is 11.3 Å². The Bertz CT molecular complexity index is 1020. The van der Waals surface area contributed by atoms with Crippen molar-refractivity contribution in [3.8, 4) is 0 Å². The van der Waals surface area contributed by atoms with Crippen molar-refractivity contribution in [2.24, 2.45) is 0 Å². The van der Waals surface area contributed by atoms with E-state index in [9.17, 15) is 13.6 Å². The highest BCUT2D eigenvalue weighted by molar-refractivity contribution is 7.99. The minimum absolute atomic E-state index is 0. The Morgan fingerprint density at radius 3 is 2.55 bits per heavy atom. The number of nitrogens with zero attached hydrogens (tertiary/aromatic N) is 3. The summed E-state index contributed by atoms with van der Waals surface area (Å²) in [5.74, 6) is -0.861. The van der Waals surface area contributed by atoms with Gasteiger partial charge in [0.15, 0.2) is 10.9 Å². The summed E-state index contributed by atoms with van der Waals surface area (Å²) in [6, 6.07) is 9.52.